The van der Waals surface area contributed by atoms with Gasteiger partial charge in [0.25, 0.3) is 0 Å². The molecule has 0 saturated heterocycles. The molecule has 1 N–H and O–H groups in total. The summed E-state index contributed by atoms with van der Waals surface area (Å²) in [4.78, 5) is 16.1. The fraction of sp³-hybridized carbons (Fsp3) is 0.222. The molecule has 4 heteroatoms. The molecule has 0 spiro atoms. The highest BCUT2D eigenvalue weighted by atomic mass is 16.4. The maximum Gasteiger partial charge on any atom is 0.355 e. The number of hydrogen-bond donors (Lipinski definition) is 1. The van der Waals surface area contributed by atoms with E-state index < -0.39 is 5.97 Å². The summed E-state index contributed by atoms with van der Waals surface area (Å²) in [5, 5.41) is 9.54. The van der Waals surface area contributed by atoms with Gasteiger partial charge in [-0.1, -0.05) is 51.1 Å². The largest absolute Gasteiger partial charge is 0.476 e. The fourth-order valence-electron chi connectivity index (χ4n) is 2.53. The molecule has 0 aliphatic rings. The van der Waals surface area contributed by atoms with Crippen LogP contribution in [0.2, 0.25) is 0 Å². The number of aromatic nitrogens is 2. The molecular weight excluding hydrogens is 276 g/mol. The smallest absolute Gasteiger partial charge is 0.355 e. The van der Waals surface area contributed by atoms with Crippen LogP contribution in [-0.2, 0) is 5.41 Å². The summed E-state index contributed by atoms with van der Waals surface area (Å²) in [6.45, 7) is 6.45. The van der Waals surface area contributed by atoms with Crippen LogP contribution in [0.3, 0.4) is 0 Å². The Morgan fingerprint density at radius 1 is 1.09 bits per heavy atom. The van der Waals surface area contributed by atoms with Crippen molar-refractivity contribution in [3.05, 3.63) is 59.9 Å². The average Bonchev–Trinajstić information content (AvgIpc) is 2.86. The Morgan fingerprint density at radius 3 is 2.36 bits per heavy atom. The Labute approximate surface area is 129 Å². The van der Waals surface area contributed by atoms with Gasteiger partial charge in [0.1, 0.15) is 11.3 Å². The Morgan fingerprint density at radius 2 is 1.77 bits per heavy atom. The Hall–Kier alpha value is -2.62. The lowest BCUT2D eigenvalue weighted by Gasteiger charge is -2.19. The molecule has 0 radical (unpaired) electrons. The third-order valence-electron chi connectivity index (χ3n) is 3.76. The second-order valence-corrected chi connectivity index (χ2v) is 6.37. The third kappa shape index (κ3) is 2.37. The molecule has 0 atom stereocenters. The second-order valence-electron chi connectivity index (χ2n) is 6.37. The molecule has 1 aromatic carbocycles. The third-order valence-corrected chi connectivity index (χ3v) is 3.76. The summed E-state index contributed by atoms with van der Waals surface area (Å²) < 4.78 is 1.61. The topological polar surface area (TPSA) is 54.6 Å². The van der Waals surface area contributed by atoms with E-state index in [1.54, 1.807) is 22.7 Å². The normalized spacial score (nSPS) is 11.8. The average molecular weight is 294 g/mol. The molecule has 4 nitrogen and oxygen atoms in total. The summed E-state index contributed by atoms with van der Waals surface area (Å²) in [6, 6.07) is 13.4. The van der Waals surface area contributed by atoms with Gasteiger partial charge in [-0.3, -0.25) is 4.40 Å². The van der Waals surface area contributed by atoms with Crippen molar-refractivity contribution in [2.75, 3.05) is 0 Å². The number of carboxylic acids is 1. The van der Waals surface area contributed by atoms with E-state index in [1.807, 2.05) is 30.3 Å². The van der Waals surface area contributed by atoms with E-state index >= 15 is 0 Å². The van der Waals surface area contributed by atoms with Gasteiger partial charge in [-0.25, -0.2) is 9.78 Å². The number of rotatable bonds is 2. The number of fused-ring (bicyclic) bond motifs is 1. The van der Waals surface area contributed by atoms with E-state index in [-0.39, 0.29) is 11.1 Å². The van der Waals surface area contributed by atoms with Crippen LogP contribution in [0.1, 0.15) is 36.8 Å². The van der Waals surface area contributed by atoms with Gasteiger partial charge in [-0.15, -0.1) is 0 Å². The SMILES string of the molecule is CC(C)(C)c1ccc(-c2nc3ccccn3c2C(=O)O)cc1. The monoisotopic (exact) mass is 294 g/mol. The molecular formula is C18H18N2O2. The standard InChI is InChI=1S/C18H18N2O2/c1-18(2,3)13-9-7-12(8-10-13)15-16(17(21)22)20-11-5-4-6-14(20)19-15/h4-11H,1-3H3,(H,21,22). The highest BCUT2D eigenvalue weighted by Crippen LogP contribution is 2.28. The van der Waals surface area contributed by atoms with Crippen molar-refractivity contribution in [2.24, 2.45) is 0 Å². The molecule has 3 aromatic rings. The molecule has 2 aromatic heterocycles. The molecule has 112 valence electrons. The van der Waals surface area contributed by atoms with Gasteiger partial charge < -0.3 is 5.11 Å². The quantitative estimate of drug-likeness (QED) is 0.777. The first-order valence-corrected chi connectivity index (χ1v) is 7.19. The summed E-state index contributed by atoms with van der Waals surface area (Å²) in [7, 11) is 0. The molecule has 22 heavy (non-hydrogen) atoms. The number of carboxylic acid groups (broad SMARTS) is 1. The predicted octanol–water partition coefficient (Wildman–Crippen LogP) is 4.00. The molecule has 0 unspecified atom stereocenters. The number of benzene rings is 1. The highest BCUT2D eigenvalue weighted by molar-refractivity contribution is 5.94. The van der Waals surface area contributed by atoms with E-state index in [1.165, 1.54) is 5.56 Å². The van der Waals surface area contributed by atoms with Gasteiger partial charge in [0.2, 0.25) is 0 Å². The minimum absolute atomic E-state index is 0.0626. The maximum absolute atomic E-state index is 11.6. The minimum Gasteiger partial charge on any atom is -0.476 e. The first-order valence-electron chi connectivity index (χ1n) is 7.19. The van der Waals surface area contributed by atoms with Crippen molar-refractivity contribution in [1.82, 2.24) is 9.38 Å². The summed E-state index contributed by atoms with van der Waals surface area (Å²) in [5.41, 5.74) is 3.41. The lowest BCUT2D eigenvalue weighted by atomic mass is 9.86. The van der Waals surface area contributed by atoms with E-state index in [0.717, 1.165) is 5.56 Å². The highest BCUT2D eigenvalue weighted by Gasteiger charge is 2.20. The molecule has 0 amide bonds. The number of aromatic carboxylic acids is 1. The minimum atomic E-state index is -0.978. The van der Waals surface area contributed by atoms with Crippen LogP contribution in [0, 0.1) is 0 Å². The van der Waals surface area contributed by atoms with E-state index in [9.17, 15) is 9.90 Å². The van der Waals surface area contributed by atoms with Gasteiger partial charge in [-0.05, 0) is 23.1 Å². The molecule has 0 saturated carbocycles. The van der Waals surface area contributed by atoms with Gasteiger partial charge in [0.15, 0.2) is 5.69 Å². The van der Waals surface area contributed by atoms with Gasteiger partial charge in [-0.2, -0.15) is 0 Å². The van der Waals surface area contributed by atoms with Crippen molar-refractivity contribution < 1.29 is 9.90 Å². The summed E-state index contributed by atoms with van der Waals surface area (Å²) >= 11 is 0. The van der Waals surface area contributed by atoms with Crippen LogP contribution >= 0.6 is 0 Å². The van der Waals surface area contributed by atoms with Crippen LogP contribution in [-0.4, -0.2) is 20.5 Å². The van der Waals surface area contributed by atoms with E-state index in [0.29, 0.717) is 11.3 Å². The van der Waals surface area contributed by atoms with Crippen LogP contribution < -0.4 is 0 Å². The number of imidazole rings is 1. The van der Waals surface area contributed by atoms with Crippen molar-refractivity contribution in [1.29, 1.82) is 0 Å². The fourth-order valence-corrected chi connectivity index (χ4v) is 2.53. The Kier molecular flexibility index (Phi) is 3.24. The molecule has 3 rings (SSSR count). The zero-order valence-corrected chi connectivity index (χ0v) is 12.9. The van der Waals surface area contributed by atoms with Gasteiger partial charge in [0, 0.05) is 11.8 Å². The van der Waals surface area contributed by atoms with Crippen molar-refractivity contribution in [2.45, 2.75) is 26.2 Å². The number of hydrogen-bond acceptors (Lipinski definition) is 2. The lowest BCUT2D eigenvalue weighted by molar-refractivity contribution is 0.0690. The zero-order valence-electron chi connectivity index (χ0n) is 12.9. The zero-order chi connectivity index (χ0) is 15.9. The van der Waals surface area contributed by atoms with Gasteiger partial charge >= 0.3 is 5.97 Å². The number of pyridine rings is 1. The van der Waals surface area contributed by atoms with Crippen molar-refractivity contribution in [3.8, 4) is 11.3 Å². The van der Waals surface area contributed by atoms with Crippen LogP contribution in [0.5, 0.6) is 0 Å². The van der Waals surface area contributed by atoms with Crippen LogP contribution in [0.25, 0.3) is 16.9 Å². The Bertz CT molecular complexity index is 840. The van der Waals surface area contributed by atoms with E-state index in [4.69, 9.17) is 0 Å². The summed E-state index contributed by atoms with van der Waals surface area (Å²) in [6.07, 6.45) is 1.72. The van der Waals surface area contributed by atoms with Crippen LogP contribution in [0.4, 0.5) is 0 Å². The second kappa shape index (κ2) is 4.98. The molecule has 0 fully saturated rings. The first-order chi connectivity index (χ1) is 10.4. The summed E-state index contributed by atoms with van der Waals surface area (Å²) in [5.74, 6) is -0.978. The number of nitrogens with zero attached hydrogens (tertiary/aromatic N) is 2. The number of carbonyl (C=O) groups is 1. The van der Waals surface area contributed by atoms with Crippen molar-refractivity contribution >= 4 is 11.6 Å². The van der Waals surface area contributed by atoms with Crippen molar-refractivity contribution in [3.63, 3.8) is 0 Å². The predicted molar refractivity (Wildman–Crippen MR) is 86.3 cm³/mol. The lowest BCUT2D eigenvalue weighted by Crippen LogP contribution is -2.10. The molecule has 2 heterocycles. The van der Waals surface area contributed by atoms with E-state index in [2.05, 4.69) is 25.8 Å². The first kappa shape index (κ1) is 14.3. The Balaban J connectivity index is 2.18. The maximum atomic E-state index is 11.6. The van der Waals surface area contributed by atoms with Gasteiger partial charge in [0.05, 0.1) is 0 Å². The molecule has 0 aliphatic heterocycles. The molecule has 0 aliphatic carbocycles. The van der Waals surface area contributed by atoms with Crippen LogP contribution in [0.15, 0.2) is 48.7 Å². The molecule has 0 bridgehead atoms.